The molecular weight excluding hydrogens is 170 g/mol. The van der Waals surface area contributed by atoms with E-state index in [4.69, 9.17) is 5.11 Å². The SMILES string of the molecule is CC#CCCNC(=O)/C=C/C(=O)O. The molecule has 70 valence electrons. The molecule has 0 unspecified atom stereocenters. The zero-order valence-corrected chi connectivity index (χ0v) is 7.33. The van der Waals surface area contributed by atoms with Gasteiger partial charge in [0.1, 0.15) is 0 Å². The summed E-state index contributed by atoms with van der Waals surface area (Å²) in [5.74, 6) is 3.89. The summed E-state index contributed by atoms with van der Waals surface area (Å²) in [6.45, 7) is 2.15. The lowest BCUT2D eigenvalue weighted by molar-refractivity contribution is -0.131. The van der Waals surface area contributed by atoms with Crippen molar-refractivity contribution >= 4 is 11.9 Å². The average Bonchev–Trinajstić information content (AvgIpc) is 2.09. The maximum absolute atomic E-state index is 10.8. The Balaban J connectivity index is 3.61. The highest BCUT2D eigenvalue weighted by molar-refractivity contribution is 5.93. The van der Waals surface area contributed by atoms with Gasteiger partial charge in [-0.2, -0.15) is 0 Å². The van der Waals surface area contributed by atoms with Crippen LogP contribution in [-0.4, -0.2) is 23.5 Å². The predicted molar refractivity (Wildman–Crippen MR) is 47.9 cm³/mol. The fourth-order valence-electron chi connectivity index (χ4n) is 0.579. The predicted octanol–water partition coefficient (Wildman–Crippen LogP) is 0.157. The Kier molecular flexibility index (Phi) is 5.98. The van der Waals surface area contributed by atoms with Crippen LogP contribution in [0.15, 0.2) is 12.2 Å². The third-order valence-corrected chi connectivity index (χ3v) is 1.10. The lowest BCUT2D eigenvalue weighted by Gasteiger charge is -1.95. The second-order valence-electron chi connectivity index (χ2n) is 2.14. The molecule has 0 saturated heterocycles. The maximum Gasteiger partial charge on any atom is 0.328 e. The van der Waals surface area contributed by atoms with Crippen molar-refractivity contribution < 1.29 is 14.7 Å². The van der Waals surface area contributed by atoms with Gasteiger partial charge in [-0.05, 0) is 6.92 Å². The molecular formula is C9H11NO3. The Morgan fingerprint density at radius 2 is 2.15 bits per heavy atom. The number of carboxylic acid groups (broad SMARTS) is 1. The number of carbonyl (C=O) groups is 2. The number of aliphatic carboxylic acids is 1. The van der Waals surface area contributed by atoms with Crippen molar-refractivity contribution in [2.24, 2.45) is 0 Å². The van der Waals surface area contributed by atoms with E-state index in [1.807, 2.05) is 0 Å². The van der Waals surface area contributed by atoms with Gasteiger partial charge in [0.15, 0.2) is 0 Å². The molecule has 0 heterocycles. The van der Waals surface area contributed by atoms with E-state index in [9.17, 15) is 9.59 Å². The van der Waals surface area contributed by atoms with Crippen molar-refractivity contribution in [1.82, 2.24) is 5.32 Å². The lowest BCUT2D eigenvalue weighted by atomic mass is 10.4. The van der Waals surface area contributed by atoms with E-state index >= 15 is 0 Å². The van der Waals surface area contributed by atoms with Gasteiger partial charge >= 0.3 is 5.97 Å². The number of amides is 1. The summed E-state index contributed by atoms with van der Waals surface area (Å²) >= 11 is 0. The van der Waals surface area contributed by atoms with Gasteiger partial charge < -0.3 is 10.4 Å². The second kappa shape index (κ2) is 6.92. The first-order chi connectivity index (χ1) is 6.16. The standard InChI is InChI=1S/C9H11NO3/c1-2-3-4-7-10-8(11)5-6-9(12)13/h5-6H,4,7H2,1H3,(H,10,11)(H,12,13)/b6-5+. The smallest absolute Gasteiger partial charge is 0.328 e. The van der Waals surface area contributed by atoms with Crippen LogP contribution in [0, 0.1) is 11.8 Å². The second-order valence-corrected chi connectivity index (χ2v) is 2.14. The molecule has 1 amide bonds. The molecule has 0 radical (unpaired) electrons. The summed E-state index contributed by atoms with van der Waals surface area (Å²) in [7, 11) is 0. The number of rotatable bonds is 4. The van der Waals surface area contributed by atoms with Crippen LogP contribution in [0.3, 0.4) is 0 Å². The van der Waals surface area contributed by atoms with Crippen LogP contribution < -0.4 is 5.32 Å². The van der Waals surface area contributed by atoms with E-state index in [1.165, 1.54) is 0 Å². The van der Waals surface area contributed by atoms with Crippen molar-refractivity contribution in [2.45, 2.75) is 13.3 Å². The largest absolute Gasteiger partial charge is 0.478 e. The normalized spacial score (nSPS) is 9.00. The van der Waals surface area contributed by atoms with Gasteiger partial charge in [-0.3, -0.25) is 4.79 Å². The molecule has 0 rings (SSSR count). The molecule has 0 aliphatic heterocycles. The third-order valence-electron chi connectivity index (χ3n) is 1.10. The Labute approximate surface area is 76.6 Å². The van der Waals surface area contributed by atoms with E-state index in [0.717, 1.165) is 12.2 Å². The van der Waals surface area contributed by atoms with Crippen LogP contribution >= 0.6 is 0 Å². The van der Waals surface area contributed by atoms with Crippen molar-refractivity contribution in [1.29, 1.82) is 0 Å². The molecule has 2 N–H and O–H groups in total. The highest BCUT2D eigenvalue weighted by Crippen LogP contribution is 1.76. The molecule has 0 aliphatic rings. The first kappa shape index (κ1) is 11.2. The highest BCUT2D eigenvalue weighted by Gasteiger charge is 1.93. The van der Waals surface area contributed by atoms with E-state index in [1.54, 1.807) is 6.92 Å². The lowest BCUT2D eigenvalue weighted by Crippen LogP contribution is -2.22. The fourth-order valence-corrected chi connectivity index (χ4v) is 0.579. The zero-order chi connectivity index (χ0) is 10.1. The van der Waals surface area contributed by atoms with Crippen molar-refractivity contribution in [3.8, 4) is 11.8 Å². The molecule has 4 nitrogen and oxygen atoms in total. The monoisotopic (exact) mass is 181 g/mol. The van der Waals surface area contributed by atoms with Crippen molar-refractivity contribution in [3.05, 3.63) is 12.2 Å². The number of hydrogen-bond donors (Lipinski definition) is 2. The minimum Gasteiger partial charge on any atom is -0.478 e. The fraction of sp³-hybridized carbons (Fsp3) is 0.333. The number of hydrogen-bond acceptors (Lipinski definition) is 2. The number of nitrogens with one attached hydrogen (secondary N) is 1. The Bertz CT molecular complexity index is 270. The Morgan fingerprint density at radius 3 is 2.69 bits per heavy atom. The minimum atomic E-state index is -1.14. The van der Waals surface area contributed by atoms with Crippen LogP contribution in [0.25, 0.3) is 0 Å². The average molecular weight is 181 g/mol. The van der Waals surface area contributed by atoms with Crippen LogP contribution in [0.5, 0.6) is 0 Å². The maximum atomic E-state index is 10.8. The van der Waals surface area contributed by atoms with Crippen LogP contribution in [0.2, 0.25) is 0 Å². The first-order valence-electron chi connectivity index (χ1n) is 3.75. The molecule has 0 aromatic carbocycles. The van der Waals surface area contributed by atoms with Gasteiger partial charge in [0.2, 0.25) is 5.91 Å². The molecule has 0 saturated carbocycles. The highest BCUT2D eigenvalue weighted by atomic mass is 16.4. The molecule has 0 aromatic rings. The van der Waals surface area contributed by atoms with Gasteiger partial charge in [-0.15, -0.1) is 11.8 Å². The quantitative estimate of drug-likeness (QED) is 0.369. The van der Waals surface area contributed by atoms with Crippen LogP contribution in [0.4, 0.5) is 0 Å². The summed E-state index contributed by atoms with van der Waals surface area (Å²) in [6, 6.07) is 0. The Hall–Kier alpha value is -1.76. The molecule has 0 atom stereocenters. The van der Waals surface area contributed by atoms with E-state index in [0.29, 0.717) is 13.0 Å². The van der Waals surface area contributed by atoms with Crippen molar-refractivity contribution in [3.63, 3.8) is 0 Å². The summed E-state index contributed by atoms with van der Waals surface area (Å²) in [6.07, 6.45) is 2.34. The zero-order valence-electron chi connectivity index (χ0n) is 7.33. The third kappa shape index (κ3) is 8.14. The Morgan fingerprint density at radius 1 is 1.46 bits per heavy atom. The number of carboxylic acids is 1. The number of carbonyl (C=O) groups excluding carboxylic acids is 1. The van der Waals surface area contributed by atoms with Crippen LogP contribution in [0.1, 0.15) is 13.3 Å². The molecule has 4 heteroatoms. The summed E-state index contributed by atoms with van der Waals surface area (Å²) in [5.41, 5.74) is 0. The van der Waals surface area contributed by atoms with Gasteiger partial charge in [0.05, 0.1) is 0 Å². The van der Waals surface area contributed by atoms with Gasteiger partial charge in [-0.1, -0.05) is 0 Å². The molecule has 0 aliphatic carbocycles. The van der Waals surface area contributed by atoms with Crippen LogP contribution in [-0.2, 0) is 9.59 Å². The van der Waals surface area contributed by atoms with Gasteiger partial charge in [0, 0.05) is 25.1 Å². The summed E-state index contributed by atoms with van der Waals surface area (Å²) in [4.78, 5) is 20.8. The molecule has 0 aromatic heterocycles. The summed E-state index contributed by atoms with van der Waals surface area (Å²) in [5, 5.41) is 10.7. The topological polar surface area (TPSA) is 66.4 Å². The summed E-state index contributed by atoms with van der Waals surface area (Å²) < 4.78 is 0. The van der Waals surface area contributed by atoms with Crippen molar-refractivity contribution in [2.75, 3.05) is 6.54 Å². The van der Waals surface area contributed by atoms with E-state index in [2.05, 4.69) is 17.2 Å². The van der Waals surface area contributed by atoms with E-state index < -0.39 is 11.9 Å². The molecule has 0 bridgehead atoms. The minimum absolute atomic E-state index is 0.416. The van der Waals surface area contributed by atoms with Gasteiger partial charge in [-0.25, -0.2) is 4.79 Å². The first-order valence-corrected chi connectivity index (χ1v) is 3.75. The van der Waals surface area contributed by atoms with Gasteiger partial charge in [0.25, 0.3) is 0 Å². The molecule has 13 heavy (non-hydrogen) atoms. The van der Waals surface area contributed by atoms with E-state index in [-0.39, 0.29) is 0 Å². The molecule has 0 fully saturated rings. The molecule has 0 spiro atoms.